The van der Waals surface area contributed by atoms with E-state index in [9.17, 15) is 9.90 Å². The number of ether oxygens (including phenoxy) is 3. The van der Waals surface area contributed by atoms with Gasteiger partial charge in [0.1, 0.15) is 24.1 Å². The van der Waals surface area contributed by atoms with Crippen molar-refractivity contribution in [3.05, 3.63) is 35.7 Å². The van der Waals surface area contributed by atoms with E-state index >= 15 is 0 Å². The van der Waals surface area contributed by atoms with Crippen LogP contribution in [0.3, 0.4) is 0 Å². The van der Waals surface area contributed by atoms with E-state index in [1.165, 1.54) is 0 Å². The number of hydrogen-bond donors (Lipinski definition) is 2. The van der Waals surface area contributed by atoms with Crippen molar-refractivity contribution in [1.82, 2.24) is 15.1 Å². The number of rotatable bonds is 8. The minimum atomic E-state index is -0.608. The zero-order valence-corrected chi connectivity index (χ0v) is 19.1. The normalized spacial score (nSPS) is 22.6. The molecule has 0 radical (unpaired) electrons. The zero-order valence-electron chi connectivity index (χ0n) is 19.1. The Balaban J connectivity index is 1.35. The highest BCUT2D eigenvalue weighted by Crippen LogP contribution is 2.20. The molecule has 0 spiro atoms. The van der Waals surface area contributed by atoms with Gasteiger partial charge >= 0.3 is 6.09 Å². The molecular formula is C23H34N4O5. The first kappa shape index (κ1) is 24.3. The molecule has 0 aromatic heterocycles. The summed E-state index contributed by atoms with van der Waals surface area (Å²) in [7, 11) is 0. The fourth-order valence-corrected chi connectivity index (χ4v) is 3.98. The number of fused-ring (bicyclic) bond motifs is 2. The maximum absolute atomic E-state index is 11.8. The van der Waals surface area contributed by atoms with Crippen molar-refractivity contribution < 1.29 is 24.1 Å². The molecule has 0 saturated carbocycles. The molecule has 1 aromatic rings. The summed E-state index contributed by atoms with van der Waals surface area (Å²) in [6, 6.07) is 6.89. The van der Waals surface area contributed by atoms with Crippen molar-refractivity contribution >= 4 is 11.8 Å². The van der Waals surface area contributed by atoms with Crippen LogP contribution in [0, 0.1) is 6.57 Å². The Labute approximate surface area is 190 Å². The Kier molecular flexibility index (Phi) is 8.32. The van der Waals surface area contributed by atoms with Crippen molar-refractivity contribution in [2.45, 2.75) is 44.7 Å². The van der Waals surface area contributed by atoms with Gasteiger partial charge in [0.25, 0.3) is 0 Å². The quantitative estimate of drug-likeness (QED) is 0.590. The van der Waals surface area contributed by atoms with Crippen LogP contribution in [-0.4, -0.2) is 97.3 Å². The van der Waals surface area contributed by atoms with Crippen LogP contribution in [0.15, 0.2) is 24.3 Å². The lowest BCUT2D eigenvalue weighted by Gasteiger charge is -2.46. The van der Waals surface area contributed by atoms with Gasteiger partial charge in [-0.15, -0.1) is 0 Å². The summed E-state index contributed by atoms with van der Waals surface area (Å²) in [5, 5.41) is 13.2. The van der Waals surface area contributed by atoms with E-state index in [2.05, 4.69) is 20.0 Å². The highest BCUT2D eigenvalue weighted by Gasteiger charge is 2.35. The Morgan fingerprint density at radius 2 is 1.84 bits per heavy atom. The first-order valence-corrected chi connectivity index (χ1v) is 11.1. The SMILES string of the molecule is [C-]#[N+]c1ccc(OCC(O)CN2CC3CN(CCNC(=O)OC(C)(C)C)CC(C2)O3)cc1. The fraction of sp³-hybridized carbons (Fsp3) is 0.652. The smallest absolute Gasteiger partial charge is 0.407 e. The number of alkyl carbamates (subject to hydrolysis) is 1. The molecule has 2 bridgehead atoms. The predicted octanol–water partition coefficient (Wildman–Crippen LogP) is 1.89. The highest BCUT2D eigenvalue weighted by atomic mass is 16.6. The summed E-state index contributed by atoms with van der Waals surface area (Å²) in [6.07, 6.45) is -0.837. The van der Waals surface area contributed by atoms with Crippen LogP contribution >= 0.6 is 0 Å². The molecule has 176 valence electrons. The molecule has 2 aliphatic heterocycles. The fourth-order valence-electron chi connectivity index (χ4n) is 3.98. The molecule has 2 N–H and O–H groups in total. The van der Waals surface area contributed by atoms with Crippen molar-refractivity contribution in [3.8, 4) is 5.75 Å². The number of carbonyl (C=O) groups is 1. The highest BCUT2D eigenvalue weighted by molar-refractivity contribution is 5.67. The number of nitrogens with zero attached hydrogens (tertiary/aromatic N) is 3. The van der Waals surface area contributed by atoms with Gasteiger partial charge in [-0.05, 0) is 32.9 Å². The minimum Gasteiger partial charge on any atom is -0.491 e. The Morgan fingerprint density at radius 3 is 2.44 bits per heavy atom. The van der Waals surface area contributed by atoms with Gasteiger partial charge in [0.2, 0.25) is 0 Å². The van der Waals surface area contributed by atoms with Gasteiger partial charge in [0.15, 0.2) is 5.69 Å². The number of hydrogen-bond acceptors (Lipinski definition) is 7. The van der Waals surface area contributed by atoms with Crippen LogP contribution in [0.25, 0.3) is 4.85 Å². The summed E-state index contributed by atoms with van der Waals surface area (Å²) in [5.41, 5.74) is 0.0646. The van der Waals surface area contributed by atoms with E-state index in [-0.39, 0.29) is 18.8 Å². The van der Waals surface area contributed by atoms with E-state index in [0.717, 1.165) is 32.7 Å². The second kappa shape index (κ2) is 11.0. The summed E-state index contributed by atoms with van der Waals surface area (Å²) in [6.45, 7) is 17.6. The summed E-state index contributed by atoms with van der Waals surface area (Å²) in [5.74, 6) is 0.644. The number of benzene rings is 1. The number of nitrogens with one attached hydrogen (secondary N) is 1. The Bertz CT molecular complexity index is 775. The molecule has 3 rings (SSSR count). The van der Waals surface area contributed by atoms with Gasteiger partial charge in [0.05, 0.1) is 18.8 Å². The third-order valence-corrected chi connectivity index (χ3v) is 5.21. The second-order valence-corrected chi connectivity index (χ2v) is 9.36. The lowest BCUT2D eigenvalue weighted by molar-refractivity contribution is -0.142. The average Bonchev–Trinajstić information content (AvgIpc) is 2.70. The molecule has 1 amide bonds. The molecule has 0 aliphatic carbocycles. The molecule has 2 aliphatic rings. The predicted molar refractivity (Wildman–Crippen MR) is 120 cm³/mol. The lowest BCUT2D eigenvalue weighted by atomic mass is 10.1. The van der Waals surface area contributed by atoms with Crippen molar-refractivity contribution in [2.75, 3.05) is 52.4 Å². The van der Waals surface area contributed by atoms with Crippen molar-refractivity contribution in [2.24, 2.45) is 0 Å². The molecular weight excluding hydrogens is 412 g/mol. The number of amides is 1. The van der Waals surface area contributed by atoms with E-state index in [1.807, 2.05) is 20.8 Å². The molecule has 9 nitrogen and oxygen atoms in total. The van der Waals surface area contributed by atoms with Gasteiger partial charge in [-0.1, -0.05) is 12.1 Å². The molecule has 2 fully saturated rings. The minimum absolute atomic E-state index is 0.0818. The molecule has 9 heteroatoms. The number of aliphatic hydroxyl groups excluding tert-OH is 1. The van der Waals surface area contributed by atoms with Crippen LogP contribution in [0.5, 0.6) is 5.75 Å². The molecule has 3 unspecified atom stereocenters. The first-order chi connectivity index (χ1) is 15.2. The maximum Gasteiger partial charge on any atom is 0.407 e. The van der Waals surface area contributed by atoms with Crippen LogP contribution in [-0.2, 0) is 9.47 Å². The van der Waals surface area contributed by atoms with E-state index in [4.69, 9.17) is 20.8 Å². The summed E-state index contributed by atoms with van der Waals surface area (Å²) >= 11 is 0. The standard InChI is InChI=1S/C23H34N4O5/c1-23(2,3)32-22(29)25-9-10-26-12-20-14-27(15-21(13-26)31-20)11-18(28)16-30-19-7-5-17(24-4)6-8-19/h5-8,18,20-21,28H,9-16H2,1-3H3,(H,25,29). The van der Waals surface area contributed by atoms with Crippen LogP contribution in [0.4, 0.5) is 10.5 Å². The third-order valence-electron chi connectivity index (χ3n) is 5.21. The molecule has 3 atom stereocenters. The number of carbonyl (C=O) groups excluding carboxylic acids is 1. The average molecular weight is 447 g/mol. The lowest BCUT2D eigenvalue weighted by Crippen LogP contribution is -2.61. The Hall–Kier alpha value is -2.38. The van der Waals surface area contributed by atoms with Gasteiger partial charge in [-0.2, -0.15) is 0 Å². The van der Waals surface area contributed by atoms with E-state index in [0.29, 0.717) is 24.5 Å². The van der Waals surface area contributed by atoms with E-state index in [1.54, 1.807) is 24.3 Å². The maximum atomic E-state index is 11.8. The van der Waals surface area contributed by atoms with Crippen LogP contribution < -0.4 is 10.1 Å². The van der Waals surface area contributed by atoms with Gasteiger partial charge in [0, 0.05) is 45.8 Å². The molecule has 32 heavy (non-hydrogen) atoms. The number of morpholine rings is 2. The molecule has 2 saturated heterocycles. The molecule has 1 aromatic carbocycles. The van der Waals surface area contributed by atoms with Crippen LogP contribution in [0.2, 0.25) is 0 Å². The van der Waals surface area contributed by atoms with E-state index < -0.39 is 17.8 Å². The monoisotopic (exact) mass is 446 g/mol. The zero-order chi connectivity index (χ0) is 23.1. The van der Waals surface area contributed by atoms with Crippen molar-refractivity contribution in [1.29, 1.82) is 0 Å². The molecule has 2 heterocycles. The third kappa shape index (κ3) is 7.95. The van der Waals surface area contributed by atoms with Crippen molar-refractivity contribution in [3.63, 3.8) is 0 Å². The first-order valence-electron chi connectivity index (χ1n) is 11.1. The summed E-state index contributed by atoms with van der Waals surface area (Å²) in [4.78, 5) is 19.7. The largest absolute Gasteiger partial charge is 0.491 e. The van der Waals surface area contributed by atoms with Gasteiger partial charge < -0.3 is 24.6 Å². The van der Waals surface area contributed by atoms with Crippen LogP contribution in [0.1, 0.15) is 20.8 Å². The summed E-state index contributed by atoms with van der Waals surface area (Å²) < 4.78 is 17.0. The second-order valence-electron chi connectivity index (χ2n) is 9.36. The number of aliphatic hydroxyl groups is 1. The Morgan fingerprint density at radius 1 is 1.22 bits per heavy atom. The topological polar surface area (TPSA) is 87.9 Å². The number of β-amino-alcohol motifs (C(OH)–C–C–N with tert-alkyl or cyclic N) is 1. The van der Waals surface area contributed by atoms with Gasteiger partial charge in [-0.25, -0.2) is 9.64 Å². The van der Waals surface area contributed by atoms with Gasteiger partial charge in [-0.3, -0.25) is 9.80 Å².